The van der Waals surface area contributed by atoms with Gasteiger partial charge in [0.05, 0.1) is 6.10 Å². The van der Waals surface area contributed by atoms with Crippen molar-refractivity contribution in [2.45, 2.75) is 50.8 Å². The number of aliphatic hydroxyl groups excluding tert-OH is 1. The molecule has 32 heavy (non-hydrogen) atoms. The number of benzene rings is 2. The van der Waals surface area contributed by atoms with Crippen molar-refractivity contribution in [1.82, 2.24) is 10.6 Å². The Labute approximate surface area is 186 Å². The average Bonchev–Trinajstić information content (AvgIpc) is 3.09. The van der Waals surface area contributed by atoms with Gasteiger partial charge in [-0.3, -0.25) is 4.79 Å². The highest BCUT2D eigenvalue weighted by Gasteiger charge is 2.38. The van der Waals surface area contributed by atoms with Crippen LogP contribution in [-0.4, -0.2) is 52.5 Å². The molecule has 0 spiro atoms. The second kappa shape index (κ2) is 9.40. The van der Waals surface area contributed by atoms with E-state index in [4.69, 9.17) is 4.74 Å². The molecule has 0 fully saturated rings. The quantitative estimate of drug-likeness (QED) is 0.500. The molecule has 0 bridgehead atoms. The van der Waals surface area contributed by atoms with Gasteiger partial charge in [-0.15, -0.1) is 0 Å². The van der Waals surface area contributed by atoms with Gasteiger partial charge in [-0.05, 0) is 42.5 Å². The molecule has 0 heterocycles. The summed E-state index contributed by atoms with van der Waals surface area (Å²) in [7, 11) is 0. The molecule has 0 aromatic heterocycles. The minimum Gasteiger partial charge on any atom is -0.480 e. The molecular weight excluding hydrogens is 412 g/mol. The summed E-state index contributed by atoms with van der Waals surface area (Å²) in [5.74, 6) is -2.21. The van der Waals surface area contributed by atoms with Crippen LogP contribution in [-0.2, 0) is 14.3 Å². The van der Waals surface area contributed by atoms with E-state index in [1.165, 1.54) is 13.8 Å². The lowest BCUT2D eigenvalue weighted by Gasteiger charge is -2.30. The number of nitrogens with one attached hydrogen (secondary N) is 2. The van der Waals surface area contributed by atoms with Crippen LogP contribution in [0.25, 0.3) is 11.1 Å². The molecule has 1 aliphatic carbocycles. The van der Waals surface area contributed by atoms with E-state index >= 15 is 0 Å². The normalized spacial score (nSPS) is 16.1. The molecule has 3 unspecified atom stereocenters. The Bertz CT molecular complexity index is 976. The number of ether oxygens (including phenoxy) is 1. The summed E-state index contributed by atoms with van der Waals surface area (Å²) in [6, 6.07) is 14.4. The van der Waals surface area contributed by atoms with Gasteiger partial charge in [-0.2, -0.15) is 0 Å². The highest BCUT2D eigenvalue weighted by molar-refractivity contribution is 5.92. The largest absolute Gasteiger partial charge is 0.480 e. The van der Waals surface area contributed by atoms with E-state index in [-0.39, 0.29) is 18.9 Å². The summed E-state index contributed by atoms with van der Waals surface area (Å²) in [5.41, 5.74) is 2.93. The number of aliphatic carboxylic acids is 1. The van der Waals surface area contributed by atoms with Crippen LogP contribution in [0.5, 0.6) is 0 Å². The third kappa shape index (κ3) is 4.60. The number of hydrogen-bond donors (Lipinski definition) is 4. The minimum atomic E-state index is -1.49. The van der Waals surface area contributed by atoms with Gasteiger partial charge in [0.15, 0.2) is 6.04 Å². The first-order chi connectivity index (χ1) is 15.2. The predicted octanol–water partition coefficient (Wildman–Crippen LogP) is 2.64. The standard InChI is InChI=1S/C24H28N2O6/c1-4-24(3,22(30)25-20(14(2)27)21(28)29)26-23(31)32-13-19-17-11-7-5-9-15(17)16-10-6-8-12-18(16)19/h5-12,14,19-20,27H,4,13H2,1-3H3,(H,25,30)(H,26,31)(H,28,29). The van der Waals surface area contributed by atoms with E-state index in [0.717, 1.165) is 22.3 Å². The van der Waals surface area contributed by atoms with Gasteiger partial charge in [-0.1, -0.05) is 55.5 Å². The van der Waals surface area contributed by atoms with Gasteiger partial charge in [-0.25, -0.2) is 9.59 Å². The number of hydrogen-bond acceptors (Lipinski definition) is 5. The van der Waals surface area contributed by atoms with Crippen LogP contribution in [0.1, 0.15) is 44.2 Å². The fraction of sp³-hybridized carbons (Fsp3) is 0.375. The Morgan fingerprint density at radius 1 is 1.06 bits per heavy atom. The van der Waals surface area contributed by atoms with Crippen LogP contribution in [0, 0.1) is 0 Å². The number of aliphatic hydroxyl groups is 1. The van der Waals surface area contributed by atoms with Crippen molar-refractivity contribution in [3.05, 3.63) is 59.7 Å². The van der Waals surface area contributed by atoms with Crippen molar-refractivity contribution in [3.63, 3.8) is 0 Å². The molecule has 2 amide bonds. The van der Waals surface area contributed by atoms with Crippen molar-refractivity contribution in [1.29, 1.82) is 0 Å². The molecule has 2 aromatic rings. The molecule has 0 saturated heterocycles. The lowest BCUT2D eigenvalue weighted by molar-refractivity contribution is -0.145. The molecule has 170 valence electrons. The Kier molecular flexibility index (Phi) is 6.84. The number of carbonyl (C=O) groups excluding carboxylic acids is 2. The fourth-order valence-electron chi connectivity index (χ4n) is 3.85. The van der Waals surface area contributed by atoms with Gasteiger partial charge in [0, 0.05) is 5.92 Å². The number of amides is 2. The van der Waals surface area contributed by atoms with Crippen LogP contribution < -0.4 is 10.6 Å². The maximum absolute atomic E-state index is 12.7. The lowest BCUT2D eigenvalue weighted by atomic mass is 9.97. The van der Waals surface area contributed by atoms with Gasteiger partial charge >= 0.3 is 12.1 Å². The highest BCUT2D eigenvalue weighted by Crippen LogP contribution is 2.44. The summed E-state index contributed by atoms with van der Waals surface area (Å²) in [5, 5.41) is 23.6. The fourth-order valence-corrected chi connectivity index (χ4v) is 3.85. The lowest BCUT2D eigenvalue weighted by Crippen LogP contribution is -2.61. The average molecular weight is 440 g/mol. The second-order valence-electron chi connectivity index (χ2n) is 8.17. The third-order valence-electron chi connectivity index (χ3n) is 5.96. The molecule has 0 aliphatic heterocycles. The van der Waals surface area contributed by atoms with Gasteiger partial charge in [0.2, 0.25) is 5.91 Å². The van der Waals surface area contributed by atoms with Crippen molar-refractivity contribution >= 4 is 18.0 Å². The minimum absolute atomic E-state index is 0.0900. The maximum Gasteiger partial charge on any atom is 0.408 e. The van der Waals surface area contributed by atoms with Crippen molar-refractivity contribution in [2.24, 2.45) is 0 Å². The Morgan fingerprint density at radius 3 is 2.06 bits per heavy atom. The van der Waals surface area contributed by atoms with E-state index < -0.39 is 35.7 Å². The summed E-state index contributed by atoms with van der Waals surface area (Å²) in [4.78, 5) is 36.5. The molecule has 4 N–H and O–H groups in total. The first-order valence-electron chi connectivity index (χ1n) is 10.5. The van der Waals surface area contributed by atoms with Crippen molar-refractivity contribution in [3.8, 4) is 11.1 Å². The molecule has 1 aliphatic rings. The van der Waals surface area contributed by atoms with E-state index in [1.807, 2.05) is 48.5 Å². The van der Waals surface area contributed by atoms with Crippen molar-refractivity contribution in [2.75, 3.05) is 6.61 Å². The zero-order chi connectivity index (χ0) is 23.5. The van der Waals surface area contributed by atoms with Crippen LogP contribution in [0.2, 0.25) is 0 Å². The predicted molar refractivity (Wildman–Crippen MR) is 118 cm³/mol. The Morgan fingerprint density at radius 2 is 1.59 bits per heavy atom. The van der Waals surface area contributed by atoms with Gasteiger partial charge in [0.1, 0.15) is 12.1 Å². The van der Waals surface area contributed by atoms with Crippen molar-refractivity contribution < 1.29 is 29.3 Å². The maximum atomic E-state index is 12.7. The topological polar surface area (TPSA) is 125 Å². The molecule has 0 radical (unpaired) electrons. The number of rotatable bonds is 8. The summed E-state index contributed by atoms with van der Waals surface area (Å²) in [6.07, 6.45) is -1.89. The Balaban J connectivity index is 1.68. The third-order valence-corrected chi connectivity index (χ3v) is 5.96. The molecular formula is C24H28N2O6. The van der Waals surface area contributed by atoms with E-state index in [2.05, 4.69) is 10.6 Å². The second-order valence-corrected chi connectivity index (χ2v) is 8.17. The first-order valence-corrected chi connectivity index (χ1v) is 10.5. The Hall–Kier alpha value is -3.39. The number of carboxylic acid groups (broad SMARTS) is 1. The van der Waals surface area contributed by atoms with Gasteiger partial charge < -0.3 is 25.6 Å². The summed E-state index contributed by atoms with van der Waals surface area (Å²) < 4.78 is 5.49. The molecule has 3 rings (SSSR count). The first kappa shape index (κ1) is 23.3. The van der Waals surface area contributed by atoms with Crippen LogP contribution in [0.4, 0.5) is 4.79 Å². The smallest absolute Gasteiger partial charge is 0.408 e. The van der Waals surface area contributed by atoms with E-state index in [9.17, 15) is 24.6 Å². The van der Waals surface area contributed by atoms with Crippen LogP contribution >= 0.6 is 0 Å². The van der Waals surface area contributed by atoms with E-state index in [1.54, 1.807) is 6.92 Å². The van der Waals surface area contributed by atoms with Crippen LogP contribution in [0.15, 0.2) is 48.5 Å². The molecule has 0 saturated carbocycles. The SMILES string of the molecule is CCC(C)(NC(=O)OCC1c2ccccc2-c2ccccc21)C(=O)NC(C(=O)O)C(C)O. The molecule has 2 aromatic carbocycles. The number of carboxylic acids is 1. The molecule has 3 atom stereocenters. The number of fused-ring (bicyclic) bond motifs is 3. The molecule has 8 heteroatoms. The zero-order valence-corrected chi connectivity index (χ0v) is 18.3. The molecule has 8 nitrogen and oxygen atoms in total. The van der Waals surface area contributed by atoms with Gasteiger partial charge in [0.25, 0.3) is 0 Å². The van der Waals surface area contributed by atoms with Crippen LogP contribution in [0.3, 0.4) is 0 Å². The highest BCUT2D eigenvalue weighted by atomic mass is 16.5. The van der Waals surface area contributed by atoms with E-state index in [0.29, 0.717) is 0 Å². The zero-order valence-electron chi connectivity index (χ0n) is 18.3. The summed E-state index contributed by atoms with van der Waals surface area (Å²) >= 11 is 0. The summed E-state index contributed by atoms with van der Waals surface area (Å²) in [6.45, 7) is 4.51. The number of alkyl carbamates (subject to hydrolysis) is 1. The number of carbonyl (C=O) groups is 3. The monoisotopic (exact) mass is 440 g/mol.